The summed E-state index contributed by atoms with van der Waals surface area (Å²) in [5, 5.41) is 27.2. The minimum Gasteiger partial charge on any atom is -0.394 e. The molecule has 0 aliphatic carbocycles. The van der Waals surface area contributed by atoms with Crippen molar-refractivity contribution < 1.29 is 10.2 Å². The van der Waals surface area contributed by atoms with E-state index in [0.29, 0.717) is 0 Å². The van der Waals surface area contributed by atoms with Crippen LogP contribution in [0.4, 0.5) is 5.69 Å². The van der Waals surface area contributed by atoms with E-state index < -0.39 is 17.8 Å². The Morgan fingerprint density at radius 3 is 2.80 bits per heavy atom. The molecule has 2 atom stereocenters. The first-order chi connectivity index (χ1) is 7.06. The summed E-state index contributed by atoms with van der Waals surface area (Å²) in [6.45, 7) is 0. The Bertz CT molecular complexity index is 435. The molecule has 0 saturated carbocycles. The Labute approximate surface area is 85.6 Å². The molecule has 0 amide bonds. The molecule has 1 rings (SSSR count). The van der Waals surface area contributed by atoms with Crippen molar-refractivity contribution in [3.8, 4) is 6.07 Å². The molecule has 5 N–H and O–H groups in total. The second-order valence-electron chi connectivity index (χ2n) is 3.09. The smallest absolute Gasteiger partial charge is 0.271 e. The summed E-state index contributed by atoms with van der Waals surface area (Å²) in [7, 11) is 0. The number of rotatable bonds is 3. The minimum atomic E-state index is -1.23. The quantitative estimate of drug-likeness (QED) is 0.522. The van der Waals surface area contributed by atoms with Gasteiger partial charge in [-0.1, -0.05) is 0 Å². The lowest BCUT2D eigenvalue weighted by Crippen LogP contribution is -2.20. The van der Waals surface area contributed by atoms with Gasteiger partial charge < -0.3 is 20.9 Å². The molecule has 0 radical (unpaired) electrons. The number of hydrogen-bond donors (Lipinski definition) is 4. The van der Waals surface area contributed by atoms with E-state index in [-0.39, 0.29) is 17.7 Å². The molecule has 0 fully saturated rings. The fourth-order valence-corrected chi connectivity index (χ4v) is 1.12. The summed E-state index contributed by atoms with van der Waals surface area (Å²) in [5.41, 5.74) is 5.10. The van der Waals surface area contributed by atoms with Crippen molar-refractivity contribution >= 4 is 5.69 Å². The molecular weight excluding hydrogens is 198 g/mol. The molecule has 0 saturated heterocycles. The van der Waals surface area contributed by atoms with Crippen LogP contribution < -0.4 is 11.3 Å². The van der Waals surface area contributed by atoms with Gasteiger partial charge in [-0.05, 0) is 6.07 Å². The number of aromatic nitrogens is 1. The number of H-pyrrole nitrogens is 1. The highest BCUT2D eigenvalue weighted by Crippen LogP contribution is 2.18. The highest BCUT2D eigenvalue weighted by atomic mass is 16.3. The van der Waals surface area contributed by atoms with Crippen molar-refractivity contribution in [2.24, 2.45) is 0 Å². The van der Waals surface area contributed by atoms with Gasteiger partial charge in [-0.25, -0.2) is 0 Å². The van der Waals surface area contributed by atoms with Crippen LogP contribution in [-0.2, 0) is 0 Å². The summed E-state index contributed by atoms with van der Waals surface area (Å²) in [4.78, 5) is 13.2. The topological polar surface area (TPSA) is 123 Å². The lowest BCUT2D eigenvalue weighted by atomic mass is 10.0. The van der Waals surface area contributed by atoms with Crippen LogP contribution in [0.5, 0.6) is 0 Å². The Hall–Kier alpha value is -1.84. The van der Waals surface area contributed by atoms with Gasteiger partial charge in [-0.15, -0.1) is 0 Å². The maximum absolute atomic E-state index is 10.9. The monoisotopic (exact) mass is 209 g/mol. The number of nitrogen functional groups attached to an aromatic ring is 1. The molecule has 1 aromatic rings. The molecule has 0 aliphatic rings. The summed E-state index contributed by atoms with van der Waals surface area (Å²) in [5.74, 6) is 0. The Kier molecular flexibility index (Phi) is 3.44. The highest BCUT2D eigenvalue weighted by Gasteiger charge is 2.18. The summed E-state index contributed by atoms with van der Waals surface area (Å²) in [6.07, 6.45) is -1.37. The second kappa shape index (κ2) is 4.59. The number of anilines is 1. The van der Waals surface area contributed by atoms with E-state index in [2.05, 4.69) is 4.98 Å². The number of nitrogens with two attached hydrogens (primary N) is 1. The number of nitriles is 1. The summed E-state index contributed by atoms with van der Waals surface area (Å²) >= 11 is 0. The SMILES string of the molecule is N#CCC(O)C(O)c1c[nH]c(=O)c(N)c1. The van der Waals surface area contributed by atoms with Crippen LogP contribution in [-0.4, -0.2) is 21.3 Å². The lowest BCUT2D eigenvalue weighted by Gasteiger charge is -2.15. The fourth-order valence-electron chi connectivity index (χ4n) is 1.12. The van der Waals surface area contributed by atoms with Gasteiger partial charge in [0.1, 0.15) is 6.10 Å². The number of nitrogens with one attached hydrogen (secondary N) is 1. The predicted octanol–water partition coefficient (Wildman–Crippen LogP) is -0.735. The maximum atomic E-state index is 10.9. The van der Waals surface area contributed by atoms with Crippen molar-refractivity contribution in [1.29, 1.82) is 5.26 Å². The highest BCUT2D eigenvalue weighted by molar-refractivity contribution is 5.38. The number of nitrogens with zero attached hydrogens (tertiary/aromatic N) is 1. The predicted molar refractivity (Wildman–Crippen MR) is 52.7 cm³/mol. The van der Waals surface area contributed by atoms with E-state index >= 15 is 0 Å². The van der Waals surface area contributed by atoms with Gasteiger partial charge in [0.2, 0.25) is 0 Å². The average Bonchev–Trinajstić information content (AvgIpc) is 2.21. The third-order valence-corrected chi connectivity index (χ3v) is 1.96. The van der Waals surface area contributed by atoms with E-state index in [1.807, 2.05) is 0 Å². The van der Waals surface area contributed by atoms with E-state index in [0.717, 1.165) is 0 Å². The van der Waals surface area contributed by atoms with Crippen LogP contribution >= 0.6 is 0 Å². The average molecular weight is 209 g/mol. The van der Waals surface area contributed by atoms with Gasteiger partial charge in [0.05, 0.1) is 24.3 Å². The van der Waals surface area contributed by atoms with Gasteiger partial charge in [-0.2, -0.15) is 5.26 Å². The summed E-state index contributed by atoms with van der Waals surface area (Å²) in [6, 6.07) is 3.00. The van der Waals surface area contributed by atoms with Crippen molar-refractivity contribution in [3.05, 3.63) is 28.2 Å². The molecule has 0 spiro atoms. The fraction of sp³-hybridized carbons (Fsp3) is 0.333. The third kappa shape index (κ3) is 2.56. The van der Waals surface area contributed by atoms with Gasteiger partial charge in [-0.3, -0.25) is 4.79 Å². The van der Waals surface area contributed by atoms with Crippen LogP contribution in [0.15, 0.2) is 17.1 Å². The Balaban J connectivity index is 2.92. The first kappa shape index (κ1) is 11.2. The molecule has 1 aromatic heterocycles. The molecule has 0 aliphatic heterocycles. The van der Waals surface area contributed by atoms with Crippen molar-refractivity contribution in [3.63, 3.8) is 0 Å². The zero-order valence-electron chi connectivity index (χ0n) is 7.84. The molecule has 0 aromatic carbocycles. The van der Waals surface area contributed by atoms with Crippen molar-refractivity contribution in [2.45, 2.75) is 18.6 Å². The van der Waals surface area contributed by atoms with E-state index in [1.54, 1.807) is 6.07 Å². The Morgan fingerprint density at radius 1 is 1.60 bits per heavy atom. The largest absolute Gasteiger partial charge is 0.394 e. The van der Waals surface area contributed by atoms with Gasteiger partial charge in [0, 0.05) is 11.8 Å². The van der Waals surface area contributed by atoms with Crippen LogP contribution in [0.25, 0.3) is 0 Å². The molecule has 80 valence electrons. The van der Waals surface area contributed by atoms with Crippen LogP contribution in [0.1, 0.15) is 18.1 Å². The van der Waals surface area contributed by atoms with Crippen LogP contribution in [0.2, 0.25) is 0 Å². The zero-order chi connectivity index (χ0) is 11.4. The van der Waals surface area contributed by atoms with Gasteiger partial charge in [0.15, 0.2) is 0 Å². The Morgan fingerprint density at radius 2 is 2.27 bits per heavy atom. The number of pyridine rings is 1. The van der Waals surface area contributed by atoms with E-state index in [9.17, 15) is 15.0 Å². The third-order valence-electron chi connectivity index (χ3n) is 1.96. The van der Waals surface area contributed by atoms with E-state index in [1.165, 1.54) is 12.3 Å². The number of aromatic amines is 1. The van der Waals surface area contributed by atoms with Crippen molar-refractivity contribution in [1.82, 2.24) is 4.98 Å². The molecule has 0 bridgehead atoms. The van der Waals surface area contributed by atoms with Gasteiger partial charge in [0.25, 0.3) is 5.56 Å². The molecule has 1 heterocycles. The first-order valence-electron chi connectivity index (χ1n) is 4.27. The zero-order valence-corrected chi connectivity index (χ0v) is 7.84. The molecule has 15 heavy (non-hydrogen) atoms. The molecule has 2 unspecified atom stereocenters. The van der Waals surface area contributed by atoms with E-state index in [4.69, 9.17) is 11.0 Å². The lowest BCUT2D eigenvalue weighted by molar-refractivity contribution is 0.0214. The minimum absolute atomic E-state index is 0.0456. The molecule has 6 heteroatoms. The number of aliphatic hydroxyl groups is 2. The van der Waals surface area contributed by atoms with Gasteiger partial charge >= 0.3 is 0 Å². The molecule has 6 nitrogen and oxygen atoms in total. The van der Waals surface area contributed by atoms with Crippen LogP contribution in [0, 0.1) is 11.3 Å². The first-order valence-corrected chi connectivity index (χ1v) is 4.27. The maximum Gasteiger partial charge on any atom is 0.271 e. The van der Waals surface area contributed by atoms with Crippen LogP contribution in [0.3, 0.4) is 0 Å². The standard InChI is InChI=1S/C9H11N3O3/c10-2-1-7(13)8(14)5-3-6(11)9(15)12-4-5/h3-4,7-8,13-14H,1,11H2,(H,12,15). The number of hydrogen-bond acceptors (Lipinski definition) is 5. The normalized spacial score (nSPS) is 14.2. The molecular formula is C9H11N3O3. The number of aliphatic hydroxyl groups excluding tert-OH is 2. The summed E-state index contributed by atoms with van der Waals surface area (Å²) < 4.78 is 0. The van der Waals surface area contributed by atoms with Crippen molar-refractivity contribution in [2.75, 3.05) is 5.73 Å². The second-order valence-corrected chi connectivity index (χ2v) is 3.09.